The predicted molar refractivity (Wildman–Crippen MR) is 105 cm³/mol. The van der Waals surface area contributed by atoms with E-state index in [9.17, 15) is 5.11 Å². The number of hydrogen-bond acceptors (Lipinski definition) is 3. The molecule has 1 aliphatic carbocycles. The van der Waals surface area contributed by atoms with Crippen molar-refractivity contribution >= 4 is 0 Å². The molecular formula is C23H35NO2. The monoisotopic (exact) mass is 357 g/mol. The summed E-state index contributed by atoms with van der Waals surface area (Å²) in [5.41, 5.74) is 0.114. The fourth-order valence-corrected chi connectivity index (χ4v) is 6.03. The highest BCUT2D eigenvalue weighted by molar-refractivity contribution is 5.28. The quantitative estimate of drug-likeness (QED) is 0.851. The Morgan fingerprint density at radius 1 is 1.15 bits per heavy atom. The molecule has 0 radical (unpaired) electrons. The molecule has 3 heteroatoms. The third kappa shape index (κ3) is 2.58. The van der Waals surface area contributed by atoms with Gasteiger partial charge < -0.3 is 9.84 Å². The highest BCUT2D eigenvalue weighted by Gasteiger charge is 2.64. The van der Waals surface area contributed by atoms with E-state index >= 15 is 0 Å². The van der Waals surface area contributed by atoms with Gasteiger partial charge in [0.15, 0.2) is 0 Å². The molecule has 3 fully saturated rings. The summed E-state index contributed by atoms with van der Waals surface area (Å²) in [6.07, 6.45) is 3.66. The lowest BCUT2D eigenvalue weighted by atomic mass is 9.69. The second-order valence-electron chi connectivity index (χ2n) is 9.90. The second-order valence-corrected chi connectivity index (χ2v) is 9.90. The molecule has 0 spiro atoms. The summed E-state index contributed by atoms with van der Waals surface area (Å²) >= 11 is 0. The van der Waals surface area contributed by atoms with Gasteiger partial charge in [0.25, 0.3) is 0 Å². The maximum Gasteiger partial charge on any atom is 0.145 e. The molecule has 2 heterocycles. The smallest absolute Gasteiger partial charge is 0.145 e. The van der Waals surface area contributed by atoms with E-state index in [4.69, 9.17) is 4.74 Å². The van der Waals surface area contributed by atoms with Crippen LogP contribution in [0.2, 0.25) is 0 Å². The minimum absolute atomic E-state index is 0.0557. The maximum atomic E-state index is 12.1. The normalized spacial score (nSPS) is 42.5. The Balaban J connectivity index is 1.78. The van der Waals surface area contributed by atoms with Gasteiger partial charge in [0.05, 0.1) is 6.10 Å². The number of aliphatic hydroxyl groups is 1. The molecule has 0 unspecified atom stereocenters. The first kappa shape index (κ1) is 18.5. The molecule has 144 valence electrons. The molecule has 0 amide bonds. The first-order valence-corrected chi connectivity index (χ1v) is 10.5. The number of ether oxygens (including phenoxy) is 1. The summed E-state index contributed by atoms with van der Waals surface area (Å²) in [5.74, 6) is 1.84. The van der Waals surface area contributed by atoms with E-state index in [-0.39, 0.29) is 23.8 Å². The van der Waals surface area contributed by atoms with Crippen molar-refractivity contribution in [3.63, 3.8) is 0 Å². The van der Waals surface area contributed by atoms with Crippen molar-refractivity contribution in [2.75, 3.05) is 6.54 Å². The van der Waals surface area contributed by atoms with Crippen LogP contribution in [0.25, 0.3) is 0 Å². The van der Waals surface area contributed by atoms with Crippen molar-refractivity contribution in [3.05, 3.63) is 35.9 Å². The molecule has 0 bridgehead atoms. The van der Waals surface area contributed by atoms with Gasteiger partial charge in [-0.1, -0.05) is 57.5 Å². The summed E-state index contributed by atoms with van der Waals surface area (Å²) in [4.78, 5) is 2.49. The summed E-state index contributed by atoms with van der Waals surface area (Å²) in [6, 6.07) is 10.2. The molecule has 3 aliphatic rings. The van der Waals surface area contributed by atoms with Crippen LogP contribution in [-0.2, 0) is 10.3 Å². The summed E-state index contributed by atoms with van der Waals surface area (Å²) < 4.78 is 6.75. The van der Waals surface area contributed by atoms with Gasteiger partial charge in [-0.15, -0.1) is 0 Å². The number of benzene rings is 1. The van der Waals surface area contributed by atoms with E-state index in [2.05, 4.69) is 51.7 Å². The minimum atomic E-state index is -0.946. The first-order valence-electron chi connectivity index (χ1n) is 10.5. The topological polar surface area (TPSA) is 32.7 Å². The fraction of sp³-hybridized carbons (Fsp3) is 0.739. The Labute approximate surface area is 158 Å². The van der Waals surface area contributed by atoms with Crippen molar-refractivity contribution in [1.29, 1.82) is 0 Å². The lowest BCUT2D eigenvalue weighted by Gasteiger charge is -2.56. The van der Waals surface area contributed by atoms with E-state index in [0.717, 1.165) is 18.5 Å². The Morgan fingerprint density at radius 2 is 1.85 bits per heavy atom. The second kappa shape index (κ2) is 6.32. The number of fused-ring (bicyclic) bond motifs is 2. The van der Waals surface area contributed by atoms with E-state index in [1.54, 1.807) is 0 Å². The van der Waals surface area contributed by atoms with Crippen LogP contribution in [0.4, 0.5) is 0 Å². The standard InChI is InChI=1S/C23H35NO2/c1-15(2)19-14-24-21(23(19,25)17-9-7-6-8-10-17)26-20-13-16(3)11-12-18(20)22(24,4)5/h6-10,15-16,18-21,25H,11-14H2,1-5H3/t16-,18-,19+,20-,21+,23-/m1/s1. The number of rotatable bonds is 2. The Bertz CT molecular complexity index is 643. The van der Waals surface area contributed by atoms with Crippen LogP contribution in [0.1, 0.15) is 59.4 Å². The highest BCUT2D eigenvalue weighted by Crippen LogP contribution is 2.55. The first-order chi connectivity index (χ1) is 12.3. The van der Waals surface area contributed by atoms with Crippen LogP contribution in [0.5, 0.6) is 0 Å². The van der Waals surface area contributed by atoms with E-state index in [1.807, 2.05) is 18.2 Å². The Kier molecular flexibility index (Phi) is 4.49. The van der Waals surface area contributed by atoms with E-state index in [1.165, 1.54) is 12.8 Å². The molecule has 6 atom stereocenters. The molecular weight excluding hydrogens is 322 g/mol. The van der Waals surface area contributed by atoms with Crippen molar-refractivity contribution in [2.45, 2.75) is 77.4 Å². The molecule has 2 aliphatic heterocycles. The minimum Gasteiger partial charge on any atom is -0.381 e. The Hall–Kier alpha value is -0.900. The van der Waals surface area contributed by atoms with Gasteiger partial charge in [-0.25, -0.2) is 0 Å². The van der Waals surface area contributed by atoms with E-state index < -0.39 is 5.60 Å². The van der Waals surface area contributed by atoms with Gasteiger partial charge in [-0.05, 0) is 44.1 Å². The van der Waals surface area contributed by atoms with Gasteiger partial charge in [0.1, 0.15) is 11.8 Å². The third-order valence-corrected chi connectivity index (χ3v) is 7.66. The van der Waals surface area contributed by atoms with Crippen LogP contribution >= 0.6 is 0 Å². The predicted octanol–water partition coefficient (Wildman–Crippen LogP) is 4.40. The zero-order valence-electron chi connectivity index (χ0n) is 17.0. The average molecular weight is 358 g/mol. The summed E-state index contributed by atoms with van der Waals surface area (Å²) in [5, 5.41) is 12.1. The van der Waals surface area contributed by atoms with Crippen LogP contribution in [0.15, 0.2) is 30.3 Å². The molecule has 2 saturated heterocycles. The number of nitrogens with zero attached hydrogens (tertiary/aromatic N) is 1. The van der Waals surface area contributed by atoms with Crippen molar-refractivity contribution in [3.8, 4) is 0 Å². The van der Waals surface area contributed by atoms with Gasteiger partial charge >= 0.3 is 0 Å². The molecule has 1 aromatic carbocycles. The zero-order chi connectivity index (χ0) is 18.7. The van der Waals surface area contributed by atoms with E-state index in [0.29, 0.717) is 17.8 Å². The fourth-order valence-electron chi connectivity index (χ4n) is 6.03. The Morgan fingerprint density at radius 3 is 2.50 bits per heavy atom. The van der Waals surface area contributed by atoms with Crippen molar-refractivity contribution in [1.82, 2.24) is 4.90 Å². The van der Waals surface area contributed by atoms with Crippen LogP contribution in [0, 0.1) is 23.7 Å². The average Bonchev–Trinajstić information content (AvgIpc) is 2.91. The molecule has 26 heavy (non-hydrogen) atoms. The molecule has 0 aromatic heterocycles. The highest BCUT2D eigenvalue weighted by atomic mass is 16.5. The summed E-state index contributed by atoms with van der Waals surface area (Å²) in [7, 11) is 0. The summed E-state index contributed by atoms with van der Waals surface area (Å²) in [6.45, 7) is 12.5. The lowest BCUT2D eigenvalue weighted by Crippen LogP contribution is -2.65. The van der Waals surface area contributed by atoms with Gasteiger partial charge in [-0.2, -0.15) is 0 Å². The van der Waals surface area contributed by atoms with Crippen LogP contribution in [0.3, 0.4) is 0 Å². The molecule has 1 N–H and O–H groups in total. The third-order valence-electron chi connectivity index (χ3n) is 7.66. The van der Waals surface area contributed by atoms with Crippen LogP contribution < -0.4 is 0 Å². The molecule has 3 nitrogen and oxygen atoms in total. The van der Waals surface area contributed by atoms with Gasteiger partial charge in [0, 0.05) is 23.9 Å². The molecule has 4 rings (SSSR count). The maximum absolute atomic E-state index is 12.1. The van der Waals surface area contributed by atoms with Crippen molar-refractivity contribution < 1.29 is 9.84 Å². The SMILES string of the molecule is CC(C)[C@@H]1CN2[C@@H](O[C@@H]3C[C@H](C)CC[C@H]3C2(C)C)[C@@]1(O)c1ccccc1. The number of hydrogen-bond donors (Lipinski definition) is 1. The molecule has 1 aromatic rings. The van der Waals surface area contributed by atoms with Gasteiger partial charge in [-0.3, -0.25) is 4.90 Å². The lowest BCUT2D eigenvalue weighted by molar-refractivity contribution is -0.265. The van der Waals surface area contributed by atoms with Gasteiger partial charge in [0.2, 0.25) is 0 Å². The molecule has 1 saturated carbocycles. The van der Waals surface area contributed by atoms with Crippen LogP contribution in [-0.4, -0.2) is 34.4 Å². The largest absolute Gasteiger partial charge is 0.381 e. The zero-order valence-corrected chi connectivity index (χ0v) is 17.0. The van der Waals surface area contributed by atoms with Crippen molar-refractivity contribution in [2.24, 2.45) is 23.7 Å².